The second-order valence-electron chi connectivity index (χ2n) is 10.3. The van der Waals surface area contributed by atoms with Crippen LogP contribution in [0.25, 0.3) is 0 Å². The first kappa shape index (κ1) is 21.1. The lowest BCUT2D eigenvalue weighted by molar-refractivity contribution is -0.126. The fourth-order valence-electron chi connectivity index (χ4n) is 5.03. The molecule has 3 N–H and O–H groups in total. The van der Waals surface area contributed by atoms with Crippen LogP contribution in [0.3, 0.4) is 0 Å². The van der Waals surface area contributed by atoms with E-state index in [4.69, 9.17) is 11.0 Å². The van der Waals surface area contributed by atoms with E-state index >= 15 is 0 Å². The summed E-state index contributed by atoms with van der Waals surface area (Å²) < 4.78 is 0. The maximum Gasteiger partial charge on any atom is 1.00 e. The monoisotopic (exact) mass is 337 g/mol. The van der Waals surface area contributed by atoms with Crippen molar-refractivity contribution in [3.8, 4) is 6.07 Å². The average molecular weight is 338 g/mol. The van der Waals surface area contributed by atoms with Gasteiger partial charge in [-0.2, -0.15) is 5.26 Å². The van der Waals surface area contributed by atoms with Crippen molar-refractivity contribution in [1.82, 2.24) is 0 Å². The van der Waals surface area contributed by atoms with Gasteiger partial charge in [-0.1, -0.05) is 34.6 Å². The topological polar surface area (TPSA) is 87.1 Å². The van der Waals surface area contributed by atoms with Gasteiger partial charge in [0, 0.05) is 12.8 Å². The van der Waals surface area contributed by atoms with E-state index in [0.717, 1.165) is 25.7 Å². The van der Waals surface area contributed by atoms with Gasteiger partial charge < -0.3 is 10.8 Å². The molecule has 0 heterocycles. The zero-order chi connectivity index (χ0) is 18.8. The third-order valence-electron chi connectivity index (χ3n) is 5.32. The minimum absolute atomic E-state index is 0. The maximum atomic E-state index is 11.3. The number of carbonyl (C=O) groups excluding carboxylic acids is 1. The van der Waals surface area contributed by atoms with Gasteiger partial charge in [0.1, 0.15) is 5.78 Å². The fraction of sp³-hybridized carbons (Fsp3) is 0.900. The van der Waals surface area contributed by atoms with E-state index in [1.807, 2.05) is 6.92 Å². The smallest absolute Gasteiger partial charge is 0.393 e. The van der Waals surface area contributed by atoms with Crippen molar-refractivity contribution < 1.29 is 11.3 Å². The van der Waals surface area contributed by atoms with Crippen LogP contribution in [-0.2, 0) is 4.79 Å². The molecule has 2 fully saturated rings. The molecule has 0 saturated heterocycles. The van der Waals surface area contributed by atoms with Gasteiger partial charge in [-0.05, 0) is 55.4 Å². The van der Waals surface area contributed by atoms with E-state index in [0.29, 0.717) is 19.4 Å². The Kier molecular flexibility index (Phi) is 6.28. The lowest BCUT2D eigenvalue weighted by atomic mass is 9.63. The molecule has 0 amide bonds. The van der Waals surface area contributed by atoms with Gasteiger partial charge in [0.15, 0.2) is 0 Å². The van der Waals surface area contributed by atoms with Gasteiger partial charge in [0.2, 0.25) is 0 Å². The van der Waals surface area contributed by atoms with Crippen molar-refractivity contribution in [2.75, 3.05) is 6.54 Å². The van der Waals surface area contributed by atoms with Gasteiger partial charge in [-0.3, -0.25) is 4.79 Å². The van der Waals surface area contributed by atoms with Crippen molar-refractivity contribution in [1.29, 1.82) is 5.26 Å². The van der Waals surface area contributed by atoms with Crippen LogP contribution in [0.1, 0.15) is 81.5 Å². The lowest BCUT2D eigenvalue weighted by Gasteiger charge is -2.44. The van der Waals surface area contributed by atoms with Gasteiger partial charge >= 0.3 is 1.43 Å². The number of rotatable bonds is 1. The Morgan fingerprint density at radius 3 is 2.12 bits per heavy atom. The first-order valence-electron chi connectivity index (χ1n) is 9.05. The summed E-state index contributed by atoms with van der Waals surface area (Å²) in [6.45, 7) is 13.3. The van der Waals surface area contributed by atoms with E-state index < -0.39 is 5.41 Å². The number of hydrogen-bond donors (Lipinski definition) is 2. The SMILES string of the molecule is CC1(C)CC(=O)CC(C)(C#N)C1.CC1(C)CC(O)CC(C)(CN)C1.[H+]. The Morgan fingerprint density at radius 2 is 1.71 bits per heavy atom. The molecule has 0 aliphatic heterocycles. The third kappa shape index (κ3) is 6.18. The largest absolute Gasteiger partial charge is 1.00 e. The Balaban J connectivity index is 0.000000443. The molecule has 0 aromatic heterocycles. The molecule has 0 bridgehead atoms. The number of nitrogens with zero attached hydrogens (tertiary/aromatic N) is 1. The number of carbonyl (C=O) groups is 1. The molecule has 0 aromatic carbocycles. The van der Waals surface area contributed by atoms with Crippen LogP contribution >= 0.6 is 0 Å². The Hall–Kier alpha value is -0.920. The highest BCUT2D eigenvalue weighted by atomic mass is 16.3. The highest BCUT2D eigenvalue weighted by Crippen LogP contribution is 2.45. The normalized spacial score (nSPS) is 37.8. The van der Waals surface area contributed by atoms with Crippen LogP contribution in [0.4, 0.5) is 0 Å². The highest BCUT2D eigenvalue weighted by molar-refractivity contribution is 5.81. The van der Waals surface area contributed by atoms with Crippen molar-refractivity contribution in [2.45, 2.75) is 86.2 Å². The van der Waals surface area contributed by atoms with Crippen LogP contribution < -0.4 is 5.73 Å². The summed E-state index contributed by atoms with van der Waals surface area (Å²) in [5, 5.41) is 18.6. The molecule has 4 heteroatoms. The van der Waals surface area contributed by atoms with Crippen molar-refractivity contribution >= 4 is 5.78 Å². The highest BCUT2D eigenvalue weighted by Gasteiger charge is 2.41. The summed E-state index contributed by atoms with van der Waals surface area (Å²) in [6.07, 6.45) is 4.67. The van der Waals surface area contributed by atoms with E-state index in [2.05, 4.69) is 40.7 Å². The number of aliphatic hydroxyl groups excluding tert-OH is 1. The predicted molar refractivity (Wildman–Crippen MR) is 98.3 cm³/mol. The molecule has 138 valence electrons. The molecule has 3 unspecified atom stereocenters. The third-order valence-corrected chi connectivity index (χ3v) is 5.32. The van der Waals surface area contributed by atoms with Crippen LogP contribution in [0.2, 0.25) is 0 Å². The summed E-state index contributed by atoms with van der Waals surface area (Å²) >= 11 is 0. The summed E-state index contributed by atoms with van der Waals surface area (Å²) in [6, 6.07) is 2.25. The molecule has 4 nitrogen and oxygen atoms in total. The molecular formula is C20H37N2O2+. The quantitative estimate of drug-likeness (QED) is 0.759. The van der Waals surface area contributed by atoms with E-state index in [1.165, 1.54) is 0 Å². The average Bonchev–Trinajstić information content (AvgIpc) is 2.33. The molecule has 24 heavy (non-hydrogen) atoms. The number of nitriles is 1. The van der Waals surface area contributed by atoms with E-state index in [-0.39, 0.29) is 29.6 Å². The van der Waals surface area contributed by atoms with Crippen molar-refractivity contribution in [3.63, 3.8) is 0 Å². The van der Waals surface area contributed by atoms with E-state index in [9.17, 15) is 9.90 Å². The summed E-state index contributed by atoms with van der Waals surface area (Å²) in [4.78, 5) is 11.3. The predicted octanol–water partition coefficient (Wildman–Crippen LogP) is 3.93. The van der Waals surface area contributed by atoms with E-state index in [1.54, 1.807) is 0 Å². The van der Waals surface area contributed by atoms with Crippen LogP contribution in [-0.4, -0.2) is 23.5 Å². The number of ketones is 1. The first-order valence-corrected chi connectivity index (χ1v) is 9.05. The Morgan fingerprint density at radius 1 is 1.12 bits per heavy atom. The number of Topliss-reactive ketones (excluding diaryl/α,β-unsaturated/α-hetero) is 1. The molecule has 2 aliphatic rings. The standard InChI is InChI=1S/C10H21NO.C10H15NO/c2*1-9(2)4-8(12)5-10(3,6-9)7-11/h8,12H,4-7,11H2,1-3H3;4-6H2,1-3H3/p+1. The second-order valence-corrected chi connectivity index (χ2v) is 10.3. The fourth-order valence-corrected chi connectivity index (χ4v) is 5.03. The number of aliphatic hydroxyl groups is 1. The van der Waals surface area contributed by atoms with Gasteiger partial charge in [0.05, 0.1) is 17.6 Å². The molecule has 0 spiro atoms. The van der Waals surface area contributed by atoms with Crippen LogP contribution in [0.5, 0.6) is 0 Å². The molecule has 0 radical (unpaired) electrons. The van der Waals surface area contributed by atoms with Crippen molar-refractivity contribution in [3.05, 3.63) is 0 Å². The first-order chi connectivity index (χ1) is 10.7. The van der Waals surface area contributed by atoms with Gasteiger partial charge in [-0.15, -0.1) is 0 Å². The lowest BCUT2D eigenvalue weighted by Crippen LogP contribution is -2.42. The number of nitrogens with two attached hydrogens (primary N) is 1. The minimum Gasteiger partial charge on any atom is -0.393 e. The minimum atomic E-state index is -0.418. The molecule has 0 aromatic rings. The molecule has 2 aliphatic carbocycles. The summed E-state index contributed by atoms with van der Waals surface area (Å²) in [5.41, 5.74) is 5.72. The van der Waals surface area contributed by atoms with Crippen LogP contribution in [0.15, 0.2) is 0 Å². The molecule has 2 saturated carbocycles. The zero-order valence-electron chi connectivity index (χ0n) is 17.4. The Bertz CT molecular complexity index is 512. The van der Waals surface area contributed by atoms with Gasteiger partial charge in [-0.25, -0.2) is 0 Å². The number of hydrogen-bond acceptors (Lipinski definition) is 4. The van der Waals surface area contributed by atoms with Crippen molar-refractivity contribution in [2.24, 2.45) is 27.4 Å². The molecule has 2 rings (SSSR count). The second kappa shape index (κ2) is 7.14. The van der Waals surface area contributed by atoms with Crippen LogP contribution in [0, 0.1) is 33.0 Å². The summed E-state index contributed by atoms with van der Waals surface area (Å²) in [7, 11) is 0. The zero-order valence-corrected chi connectivity index (χ0v) is 16.4. The summed E-state index contributed by atoms with van der Waals surface area (Å²) in [5.74, 6) is 0.232. The van der Waals surface area contributed by atoms with Gasteiger partial charge in [0.25, 0.3) is 0 Å². The molecule has 3 atom stereocenters. The maximum absolute atomic E-state index is 11.3. The Labute approximate surface area is 149 Å². The molecular weight excluding hydrogens is 300 g/mol.